The van der Waals surface area contributed by atoms with Gasteiger partial charge in [0, 0.05) is 23.9 Å². The first-order valence-corrected chi connectivity index (χ1v) is 19.1. The first-order chi connectivity index (χ1) is 27.8. The Kier molecular flexibility index (Phi) is 26.0. The van der Waals surface area contributed by atoms with Gasteiger partial charge in [0.05, 0.1) is 36.8 Å². The van der Waals surface area contributed by atoms with E-state index in [0.717, 1.165) is 54.5 Å². The molecular weight excluding hydrogens is 750 g/mol. The molecule has 320 valence electrons. The van der Waals surface area contributed by atoms with Crippen molar-refractivity contribution in [2.75, 3.05) is 25.5 Å². The zero-order chi connectivity index (χ0) is 44.4. The minimum Gasteiger partial charge on any atom is -0.445 e. The number of hydrogen-bond donors (Lipinski definition) is 6. The summed E-state index contributed by atoms with van der Waals surface area (Å²) in [5.41, 5.74) is 25.9. The minimum atomic E-state index is -1.44. The van der Waals surface area contributed by atoms with Gasteiger partial charge in [-0.1, -0.05) is 52.3 Å². The number of aromatic nitrogens is 1. The van der Waals surface area contributed by atoms with E-state index >= 15 is 0 Å². The van der Waals surface area contributed by atoms with Gasteiger partial charge in [-0.05, 0) is 98.7 Å². The summed E-state index contributed by atoms with van der Waals surface area (Å²) in [6.45, 7) is 15.1. The molecule has 3 aromatic rings. The molecule has 16 heteroatoms. The third-order valence-electron chi connectivity index (χ3n) is 8.30. The summed E-state index contributed by atoms with van der Waals surface area (Å²) in [5, 5.41) is 12.8. The number of benzene rings is 2. The van der Waals surface area contributed by atoms with Crippen LogP contribution in [0.5, 0.6) is 0 Å². The van der Waals surface area contributed by atoms with Crippen LogP contribution in [0.3, 0.4) is 0 Å². The maximum atomic E-state index is 14.5. The van der Waals surface area contributed by atoms with E-state index in [1.165, 1.54) is 13.2 Å². The summed E-state index contributed by atoms with van der Waals surface area (Å²) in [6.07, 6.45) is 1.89. The van der Waals surface area contributed by atoms with Gasteiger partial charge >= 0.3 is 6.09 Å². The molecule has 0 fully saturated rings. The Balaban J connectivity index is 0.00000101. The quantitative estimate of drug-likeness (QED) is 0.155. The maximum absolute atomic E-state index is 14.5. The highest BCUT2D eigenvalue weighted by Crippen LogP contribution is 2.32. The van der Waals surface area contributed by atoms with Gasteiger partial charge in [-0.3, -0.25) is 14.4 Å². The van der Waals surface area contributed by atoms with E-state index in [4.69, 9.17) is 31.7 Å². The molecule has 1 unspecified atom stereocenters. The predicted molar refractivity (Wildman–Crippen MR) is 226 cm³/mol. The van der Waals surface area contributed by atoms with E-state index in [1.807, 2.05) is 40.7 Å². The SMILES string of the molecule is CC.CC.CCCN.COCc1c(C(O)C=O)cc2n(c1=O)C/C1=C(/C)CCCc3cc(cc(F)c3C)N=C12.NC=O.NCC(=O)Nc1ccc(COC(N)=O)cc1. The van der Waals surface area contributed by atoms with Crippen LogP contribution < -0.4 is 33.8 Å². The van der Waals surface area contributed by atoms with Gasteiger partial charge in [-0.2, -0.15) is 0 Å². The summed E-state index contributed by atoms with van der Waals surface area (Å²) < 4.78 is 25.9. The van der Waals surface area contributed by atoms with E-state index in [9.17, 15) is 28.7 Å². The number of amides is 3. The second-order valence-electron chi connectivity index (χ2n) is 12.1. The van der Waals surface area contributed by atoms with Crippen LogP contribution in [0.4, 0.5) is 20.6 Å². The fourth-order valence-corrected chi connectivity index (χ4v) is 5.46. The highest BCUT2D eigenvalue weighted by molar-refractivity contribution is 6.15. The molecule has 2 bridgehead atoms. The topological polar surface area (TPSA) is 257 Å². The molecule has 0 radical (unpaired) electrons. The van der Waals surface area contributed by atoms with Gasteiger partial charge in [0.15, 0.2) is 6.29 Å². The Bertz CT molecular complexity index is 1890. The number of aliphatic hydroxyl groups excluding tert-OH is 1. The third kappa shape index (κ3) is 16.1. The van der Waals surface area contributed by atoms with Crippen molar-refractivity contribution in [2.45, 2.75) is 100 Å². The number of carbonyl (C=O) groups is 4. The average Bonchev–Trinajstić information content (AvgIpc) is 3.60. The lowest BCUT2D eigenvalue weighted by atomic mass is 9.95. The van der Waals surface area contributed by atoms with Gasteiger partial charge in [0.2, 0.25) is 12.3 Å². The van der Waals surface area contributed by atoms with Crippen molar-refractivity contribution in [3.05, 3.63) is 103 Å². The highest BCUT2D eigenvalue weighted by Gasteiger charge is 2.30. The molecule has 0 saturated heterocycles. The lowest BCUT2D eigenvalue weighted by molar-refractivity contribution is -0.115. The van der Waals surface area contributed by atoms with Gasteiger partial charge < -0.3 is 52.2 Å². The molecule has 0 saturated carbocycles. The first kappa shape index (κ1) is 52.5. The van der Waals surface area contributed by atoms with E-state index in [1.54, 1.807) is 41.8 Å². The number of aliphatic hydroxyl groups is 1. The molecule has 58 heavy (non-hydrogen) atoms. The number of carbonyl (C=O) groups excluding carboxylic acids is 4. The van der Waals surface area contributed by atoms with Crippen LogP contribution >= 0.6 is 0 Å². The standard InChI is InChI=1S/C24H25FN2O4.C10H13N3O3.C3H9N.2C2H6.CH3NO/c1-13-5-4-6-15-7-16(8-20(25)14(15)2)26-23-18(13)10-27-21(23)9-17(22(29)11-28)19(12-31-3)24(27)30;11-5-9(14)13-8-3-1-7(2-4-8)6-16-10(12)15;1-2-3-4;2*1-2;2-1-3/h7-9,11,22,29H,4-6,10,12H2,1-3H3;1-4H,5-6,11H2,(H2,12,15)(H,13,14);2-4H2,1H3;2*1-2H3;1H,(H2,2,3)/b18-13+,26-23?;;;;;. The molecule has 0 aliphatic carbocycles. The fraction of sp³-hybridized carbons (Fsp3) is 0.429. The number of hydrogen-bond acceptors (Lipinski definition) is 11. The Hall–Kier alpha value is -5.55. The van der Waals surface area contributed by atoms with Gasteiger partial charge in [-0.25, -0.2) is 14.2 Å². The van der Waals surface area contributed by atoms with Crippen molar-refractivity contribution in [1.29, 1.82) is 0 Å². The maximum Gasteiger partial charge on any atom is 0.404 e. The Morgan fingerprint density at radius 2 is 1.64 bits per heavy atom. The number of fused-ring (bicyclic) bond motifs is 5. The monoisotopic (exact) mass is 811 g/mol. The molecule has 3 heterocycles. The number of nitrogens with one attached hydrogen (secondary N) is 1. The summed E-state index contributed by atoms with van der Waals surface area (Å²) in [5.74, 6) is -0.566. The van der Waals surface area contributed by atoms with Crippen molar-refractivity contribution in [3.63, 3.8) is 0 Å². The van der Waals surface area contributed by atoms with Crippen molar-refractivity contribution in [3.8, 4) is 0 Å². The van der Waals surface area contributed by atoms with E-state index in [2.05, 4.69) is 22.7 Å². The Labute approximate surface area is 340 Å². The number of allylic oxidation sites excluding steroid dienone is 2. The van der Waals surface area contributed by atoms with Crippen molar-refractivity contribution >= 4 is 41.8 Å². The van der Waals surface area contributed by atoms with E-state index in [-0.39, 0.29) is 54.6 Å². The third-order valence-corrected chi connectivity index (χ3v) is 8.30. The molecule has 0 spiro atoms. The number of aryl methyl sites for hydroxylation is 1. The summed E-state index contributed by atoms with van der Waals surface area (Å²) in [6, 6.07) is 11.7. The largest absolute Gasteiger partial charge is 0.445 e. The number of aliphatic imine (C=N–C) groups is 1. The zero-order valence-corrected chi connectivity index (χ0v) is 35.0. The van der Waals surface area contributed by atoms with E-state index in [0.29, 0.717) is 41.2 Å². The first-order valence-electron chi connectivity index (χ1n) is 19.1. The number of nitrogens with two attached hydrogens (primary N) is 4. The second-order valence-corrected chi connectivity index (χ2v) is 12.1. The van der Waals surface area contributed by atoms with Crippen LogP contribution in [0.15, 0.2) is 63.4 Å². The number of anilines is 1. The number of ether oxygens (including phenoxy) is 2. The molecule has 3 amide bonds. The normalized spacial score (nSPS) is 13.6. The summed E-state index contributed by atoms with van der Waals surface area (Å²) in [4.78, 5) is 59.2. The number of aldehydes is 1. The van der Waals surface area contributed by atoms with Crippen molar-refractivity contribution in [1.82, 2.24) is 4.57 Å². The average molecular weight is 812 g/mol. The van der Waals surface area contributed by atoms with Crippen molar-refractivity contribution in [2.24, 2.45) is 27.9 Å². The number of methoxy groups -OCH3 is 1. The summed E-state index contributed by atoms with van der Waals surface area (Å²) in [7, 11) is 1.45. The van der Waals surface area contributed by atoms with Gasteiger partial charge in [-0.15, -0.1) is 0 Å². The molecular formula is C42H62FN7O8. The Morgan fingerprint density at radius 1 is 1.03 bits per heavy atom. The van der Waals surface area contributed by atoms with Gasteiger partial charge in [0.1, 0.15) is 18.5 Å². The number of rotatable bonds is 9. The zero-order valence-electron chi connectivity index (χ0n) is 35.0. The Morgan fingerprint density at radius 3 is 2.16 bits per heavy atom. The van der Waals surface area contributed by atoms with Crippen LogP contribution in [-0.4, -0.2) is 60.3 Å². The van der Waals surface area contributed by atoms with Crippen LogP contribution in [0.1, 0.15) is 100 Å². The lowest BCUT2D eigenvalue weighted by Crippen LogP contribution is -2.27. The van der Waals surface area contributed by atoms with Gasteiger partial charge in [0.25, 0.3) is 5.56 Å². The second kappa shape index (κ2) is 28.8. The van der Waals surface area contributed by atoms with Crippen molar-refractivity contribution < 1.29 is 38.1 Å². The molecule has 2 aliphatic heterocycles. The summed E-state index contributed by atoms with van der Waals surface area (Å²) >= 11 is 0. The molecule has 1 atom stereocenters. The molecule has 2 aromatic carbocycles. The predicted octanol–water partition coefficient (Wildman–Crippen LogP) is 5.15. The highest BCUT2D eigenvalue weighted by atomic mass is 19.1. The lowest BCUT2D eigenvalue weighted by Gasteiger charge is -2.14. The molecule has 10 N–H and O–H groups in total. The number of halogens is 1. The number of nitrogens with zero attached hydrogens (tertiary/aromatic N) is 2. The molecule has 1 aromatic heterocycles. The van der Waals surface area contributed by atoms with E-state index < -0.39 is 12.2 Å². The smallest absolute Gasteiger partial charge is 0.404 e. The van der Waals surface area contributed by atoms with Crippen LogP contribution in [0.2, 0.25) is 0 Å². The van der Waals surface area contributed by atoms with Crippen LogP contribution in [0, 0.1) is 12.7 Å². The number of pyridine rings is 1. The van der Waals surface area contributed by atoms with Crippen LogP contribution in [0.25, 0.3) is 0 Å². The fourth-order valence-electron chi connectivity index (χ4n) is 5.46. The minimum absolute atomic E-state index is 0.0175. The molecule has 2 aliphatic rings. The number of primary amides is 2. The molecule has 5 rings (SSSR count). The molecule has 15 nitrogen and oxygen atoms in total. The van der Waals surface area contributed by atoms with Crippen LogP contribution in [-0.2, 0) is 50.0 Å².